The minimum atomic E-state index is -0.171. The van der Waals surface area contributed by atoms with Gasteiger partial charge in [-0.05, 0) is 54.6 Å². The van der Waals surface area contributed by atoms with Crippen LogP contribution in [-0.2, 0) is 0 Å². The number of carbonyl (C=O) groups is 1. The lowest BCUT2D eigenvalue weighted by Gasteiger charge is -2.06. The van der Waals surface area contributed by atoms with E-state index in [9.17, 15) is 4.79 Å². The Morgan fingerprint density at radius 1 is 0.889 bits per heavy atom. The number of anilines is 1. The van der Waals surface area contributed by atoms with Crippen molar-refractivity contribution in [2.24, 2.45) is 0 Å². The van der Waals surface area contributed by atoms with Crippen LogP contribution < -0.4 is 5.32 Å². The molecule has 0 atom stereocenters. The van der Waals surface area contributed by atoms with Crippen molar-refractivity contribution >= 4 is 27.5 Å². The lowest BCUT2D eigenvalue weighted by atomic mass is 10.1. The summed E-state index contributed by atoms with van der Waals surface area (Å²) in [6.07, 6.45) is 0. The van der Waals surface area contributed by atoms with E-state index in [0.29, 0.717) is 23.0 Å². The Kier molecular flexibility index (Phi) is 4.80. The van der Waals surface area contributed by atoms with E-state index < -0.39 is 0 Å². The van der Waals surface area contributed by atoms with Gasteiger partial charge in [0.25, 0.3) is 11.8 Å². The molecule has 5 nitrogen and oxygen atoms in total. The highest BCUT2D eigenvalue weighted by molar-refractivity contribution is 9.10. The molecule has 0 unspecified atom stereocenters. The molecule has 1 amide bonds. The zero-order valence-corrected chi connectivity index (χ0v) is 15.7. The maximum Gasteiger partial charge on any atom is 0.258 e. The molecular weight excluding hydrogens is 406 g/mol. The fourth-order valence-electron chi connectivity index (χ4n) is 2.57. The van der Waals surface area contributed by atoms with Gasteiger partial charge in [-0.1, -0.05) is 45.4 Å². The van der Waals surface area contributed by atoms with Gasteiger partial charge in [0.15, 0.2) is 0 Å². The topological polar surface area (TPSA) is 68.0 Å². The summed E-state index contributed by atoms with van der Waals surface area (Å²) in [5, 5.41) is 6.90. The van der Waals surface area contributed by atoms with Crippen molar-refractivity contribution in [2.75, 3.05) is 5.32 Å². The Hall–Kier alpha value is -3.25. The van der Waals surface area contributed by atoms with Gasteiger partial charge >= 0.3 is 0 Å². The van der Waals surface area contributed by atoms with E-state index in [1.165, 1.54) is 0 Å². The summed E-state index contributed by atoms with van der Waals surface area (Å²) in [6.45, 7) is 0. The van der Waals surface area contributed by atoms with Gasteiger partial charge in [-0.2, -0.15) is 4.98 Å². The lowest BCUT2D eigenvalue weighted by molar-refractivity contribution is 0.102. The van der Waals surface area contributed by atoms with Crippen LogP contribution in [0.25, 0.3) is 22.8 Å². The quantitative estimate of drug-likeness (QED) is 0.479. The highest BCUT2D eigenvalue weighted by Gasteiger charge is 2.11. The predicted molar refractivity (Wildman–Crippen MR) is 107 cm³/mol. The first-order valence-corrected chi connectivity index (χ1v) is 9.05. The second-order valence-electron chi connectivity index (χ2n) is 5.83. The van der Waals surface area contributed by atoms with E-state index in [4.69, 9.17) is 4.52 Å². The van der Waals surface area contributed by atoms with E-state index in [1.54, 1.807) is 12.1 Å². The predicted octanol–water partition coefficient (Wildman–Crippen LogP) is 5.42. The molecule has 4 aromatic rings. The average Bonchev–Trinajstić information content (AvgIpc) is 3.19. The minimum absolute atomic E-state index is 0.171. The minimum Gasteiger partial charge on any atom is -0.334 e. The van der Waals surface area contributed by atoms with Gasteiger partial charge in [-0.3, -0.25) is 4.79 Å². The van der Waals surface area contributed by atoms with Crippen LogP contribution in [0.4, 0.5) is 5.69 Å². The van der Waals surface area contributed by atoms with Crippen molar-refractivity contribution < 1.29 is 9.32 Å². The number of amides is 1. The first-order valence-electron chi connectivity index (χ1n) is 8.25. The normalized spacial score (nSPS) is 10.6. The molecule has 0 aliphatic carbocycles. The number of aromatic nitrogens is 2. The average molecular weight is 420 g/mol. The highest BCUT2D eigenvalue weighted by Crippen LogP contribution is 2.23. The molecule has 6 heteroatoms. The van der Waals surface area contributed by atoms with Crippen molar-refractivity contribution in [2.45, 2.75) is 0 Å². The zero-order valence-electron chi connectivity index (χ0n) is 14.1. The number of carbonyl (C=O) groups excluding carboxylic acids is 1. The summed E-state index contributed by atoms with van der Waals surface area (Å²) in [5.74, 6) is 0.798. The molecule has 0 bridgehead atoms. The molecule has 0 saturated heterocycles. The molecule has 0 aliphatic rings. The van der Waals surface area contributed by atoms with Crippen LogP contribution in [0, 0.1) is 0 Å². The van der Waals surface area contributed by atoms with Gasteiger partial charge < -0.3 is 9.84 Å². The van der Waals surface area contributed by atoms with Gasteiger partial charge in [0.2, 0.25) is 5.82 Å². The van der Waals surface area contributed by atoms with E-state index in [-0.39, 0.29) is 5.91 Å². The number of nitrogens with one attached hydrogen (secondary N) is 1. The van der Waals surface area contributed by atoms with Crippen molar-refractivity contribution in [1.82, 2.24) is 10.1 Å². The second kappa shape index (κ2) is 7.55. The van der Waals surface area contributed by atoms with Gasteiger partial charge in [-0.25, -0.2) is 0 Å². The summed E-state index contributed by atoms with van der Waals surface area (Å²) in [4.78, 5) is 16.7. The molecule has 132 valence electrons. The van der Waals surface area contributed by atoms with Crippen LogP contribution in [0.5, 0.6) is 0 Å². The van der Waals surface area contributed by atoms with Crippen molar-refractivity contribution in [3.63, 3.8) is 0 Å². The Morgan fingerprint density at radius 3 is 2.41 bits per heavy atom. The molecule has 0 spiro atoms. The molecule has 0 radical (unpaired) electrons. The third-order valence-electron chi connectivity index (χ3n) is 3.93. The van der Waals surface area contributed by atoms with Crippen LogP contribution in [0.15, 0.2) is 87.9 Å². The lowest BCUT2D eigenvalue weighted by Crippen LogP contribution is -2.11. The fourth-order valence-corrected chi connectivity index (χ4v) is 2.97. The second-order valence-corrected chi connectivity index (χ2v) is 6.75. The van der Waals surface area contributed by atoms with E-state index in [2.05, 4.69) is 31.4 Å². The molecule has 4 rings (SSSR count). The standard InChI is InChI=1S/C21H14BrN3O2/c22-17-8-4-7-16(13-17)20(26)23-18-11-9-14(10-12-18)19-24-21(27-25-19)15-5-2-1-3-6-15/h1-13H,(H,23,26). The highest BCUT2D eigenvalue weighted by atomic mass is 79.9. The molecule has 3 aromatic carbocycles. The van der Waals surface area contributed by atoms with Crippen molar-refractivity contribution in [1.29, 1.82) is 0 Å². The van der Waals surface area contributed by atoms with Gasteiger partial charge in [0.05, 0.1) is 0 Å². The third-order valence-corrected chi connectivity index (χ3v) is 4.43. The molecule has 0 aliphatic heterocycles. The van der Waals surface area contributed by atoms with Crippen LogP contribution in [-0.4, -0.2) is 16.0 Å². The molecular formula is C21H14BrN3O2. The largest absolute Gasteiger partial charge is 0.334 e. The molecule has 1 N–H and O–H groups in total. The van der Waals surface area contributed by atoms with E-state index in [0.717, 1.165) is 15.6 Å². The van der Waals surface area contributed by atoms with Crippen molar-refractivity contribution in [3.05, 3.63) is 88.9 Å². The number of hydrogen-bond donors (Lipinski definition) is 1. The molecule has 0 saturated carbocycles. The van der Waals surface area contributed by atoms with Crippen LogP contribution in [0.3, 0.4) is 0 Å². The monoisotopic (exact) mass is 419 g/mol. The summed E-state index contributed by atoms with van der Waals surface area (Å²) in [6, 6.07) is 24.1. The third kappa shape index (κ3) is 3.96. The van der Waals surface area contributed by atoms with Crippen LogP contribution >= 0.6 is 15.9 Å². The van der Waals surface area contributed by atoms with E-state index >= 15 is 0 Å². The smallest absolute Gasteiger partial charge is 0.258 e. The first-order chi connectivity index (χ1) is 13.2. The first kappa shape index (κ1) is 17.2. The number of rotatable bonds is 4. The summed E-state index contributed by atoms with van der Waals surface area (Å²) >= 11 is 3.37. The SMILES string of the molecule is O=C(Nc1ccc(-c2noc(-c3ccccc3)n2)cc1)c1cccc(Br)c1. The van der Waals surface area contributed by atoms with Gasteiger partial charge in [0, 0.05) is 26.9 Å². The van der Waals surface area contributed by atoms with E-state index in [1.807, 2.05) is 66.7 Å². The number of halogens is 1. The van der Waals surface area contributed by atoms with Crippen molar-refractivity contribution in [3.8, 4) is 22.8 Å². The Bertz CT molecular complexity index is 1080. The zero-order chi connectivity index (χ0) is 18.6. The van der Waals surface area contributed by atoms with Crippen LogP contribution in [0.1, 0.15) is 10.4 Å². The molecule has 27 heavy (non-hydrogen) atoms. The summed E-state index contributed by atoms with van der Waals surface area (Å²) < 4.78 is 6.19. The van der Waals surface area contributed by atoms with Gasteiger partial charge in [0.1, 0.15) is 0 Å². The molecule has 1 aromatic heterocycles. The Balaban J connectivity index is 1.49. The fraction of sp³-hybridized carbons (Fsp3) is 0. The number of nitrogens with zero attached hydrogens (tertiary/aromatic N) is 2. The van der Waals surface area contributed by atoms with Crippen LogP contribution in [0.2, 0.25) is 0 Å². The number of hydrogen-bond acceptors (Lipinski definition) is 4. The molecule has 0 fully saturated rings. The Morgan fingerprint density at radius 2 is 1.67 bits per heavy atom. The summed E-state index contributed by atoms with van der Waals surface area (Å²) in [7, 11) is 0. The number of benzene rings is 3. The Labute approximate surface area is 164 Å². The molecule has 1 heterocycles. The maximum atomic E-state index is 12.3. The summed E-state index contributed by atoms with van der Waals surface area (Å²) in [5.41, 5.74) is 2.95. The van der Waals surface area contributed by atoms with Gasteiger partial charge in [-0.15, -0.1) is 0 Å². The maximum absolute atomic E-state index is 12.3.